The maximum atomic E-state index is 9.79. The van der Waals surface area contributed by atoms with E-state index in [1.165, 1.54) is 34.3 Å². The molecule has 4 rings (SSSR count). The van der Waals surface area contributed by atoms with Crippen LogP contribution in [-0.4, -0.2) is 21.9 Å². The lowest BCUT2D eigenvalue weighted by atomic mass is 9.84. The molecular weight excluding hydrogens is 360 g/mol. The minimum Gasteiger partial charge on any atom is -0.508 e. The van der Waals surface area contributed by atoms with Gasteiger partial charge in [-0.2, -0.15) is 0 Å². The van der Waals surface area contributed by atoms with Crippen molar-refractivity contribution in [3.8, 4) is 11.5 Å². The molecule has 3 heteroatoms. The summed E-state index contributed by atoms with van der Waals surface area (Å²) in [6.45, 7) is 0.236. The number of unbranched alkanes of at least 4 members (excludes halogenated alkanes) is 2. The third-order valence-electron chi connectivity index (χ3n) is 5.94. The van der Waals surface area contributed by atoms with Crippen molar-refractivity contribution in [2.24, 2.45) is 0 Å². The van der Waals surface area contributed by atoms with Crippen LogP contribution in [-0.2, 0) is 0 Å². The van der Waals surface area contributed by atoms with Gasteiger partial charge in [-0.15, -0.1) is 0 Å². The highest BCUT2D eigenvalue weighted by molar-refractivity contribution is 5.86. The Morgan fingerprint density at radius 2 is 1.38 bits per heavy atom. The smallest absolute Gasteiger partial charge is 0.115 e. The second-order valence-corrected chi connectivity index (χ2v) is 7.98. The van der Waals surface area contributed by atoms with Crippen molar-refractivity contribution in [1.29, 1.82) is 0 Å². The second-order valence-electron chi connectivity index (χ2n) is 7.98. The summed E-state index contributed by atoms with van der Waals surface area (Å²) < 4.78 is 0. The van der Waals surface area contributed by atoms with E-state index in [0.29, 0.717) is 0 Å². The number of aliphatic hydroxyl groups excluding tert-OH is 1. The molecule has 2 aliphatic rings. The highest BCUT2D eigenvalue weighted by Crippen LogP contribution is 2.45. The van der Waals surface area contributed by atoms with Crippen molar-refractivity contribution in [2.75, 3.05) is 6.61 Å². The molecule has 2 aromatic rings. The second kappa shape index (κ2) is 8.71. The van der Waals surface area contributed by atoms with Crippen LogP contribution >= 0.6 is 0 Å². The van der Waals surface area contributed by atoms with Gasteiger partial charge in [-0.25, -0.2) is 0 Å². The zero-order valence-electron chi connectivity index (χ0n) is 16.7. The van der Waals surface area contributed by atoms with Gasteiger partial charge in [0.05, 0.1) is 0 Å². The predicted octanol–water partition coefficient (Wildman–Crippen LogP) is 5.87. The van der Waals surface area contributed by atoms with Crippen molar-refractivity contribution < 1.29 is 15.3 Å². The normalized spacial score (nSPS) is 15.0. The Balaban J connectivity index is 1.85. The highest BCUT2D eigenvalue weighted by atomic mass is 16.3. The van der Waals surface area contributed by atoms with E-state index in [1.54, 1.807) is 24.3 Å². The Morgan fingerprint density at radius 3 is 1.86 bits per heavy atom. The number of rotatable bonds is 8. The first-order valence-electron chi connectivity index (χ1n) is 10.5. The Bertz CT molecular complexity index is 913. The molecule has 2 aliphatic carbocycles. The van der Waals surface area contributed by atoms with Gasteiger partial charge in [0, 0.05) is 6.61 Å². The maximum Gasteiger partial charge on any atom is 0.115 e. The molecule has 3 nitrogen and oxygen atoms in total. The number of fused-ring (bicyclic) bond motifs is 2. The van der Waals surface area contributed by atoms with Crippen LogP contribution in [0.5, 0.6) is 11.5 Å². The predicted molar refractivity (Wildman–Crippen MR) is 117 cm³/mol. The van der Waals surface area contributed by atoms with Crippen molar-refractivity contribution in [3.63, 3.8) is 0 Å². The number of hydrogen-bond donors (Lipinski definition) is 3. The quantitative estimate of drug-likeness (QED) is 0.495. The van der Waals surface area contributed by atoms with E-state index >= 15 is 0 Å². The van der Waals surface area contributed by atoms with E-state index in [2.05, 4.69) is 6.08 Å². The van der Waals surface area contributed by atoms with Gasteiger partial charge in [0.25, 0.3) is 0 Å². The number of aromatic hydroxyl groups is 2. The first kappa shape index (κ1) is 19.5. The number of phenolic OH excluding ortho intramolecular Hbond substituents is 2. The van der Waals surface area contributed by atoms with E-state index < -0.39 is 0 Å². The van der Waals surface area contributed by atoms with Crippen molar-refractivity contribution in [1.82, 2.24) is 0 Å². The molecule has 0 amide bonds. The van der Waals surface area contributed by atoms with Crippen LogP contribution in [0.4, 0.5) is 0 Å². The van der Waals surface area contributed by atoms with Gasteiger partial charge in [-0.1, -0.05) is 47.9 Å². The van der Waals surface area contributed by atoms with E-state index in [-0.39, 0.29) is 18.1 Å². The SMILES string of the molecule is OCCCCCC(C1=C2CCC(=C1)C2)=C(c1ccc(O)cc1)c1ccc(O)cc1. The van der Waals surface area contributed by atoms with Crippen molar-refractivity contribution in [3.05, 3.63) is 88.0 Å². The number of allylic oxidation sites excluding steroid dienone is 5. The monoisotopic (exact) mass is 388 g/mol. The zero-order valence-corrected chi connectivity index (χ0v) is 16.7. The summed E-state index contributed by atoms with van der Waals surface area (Å²) in [4.78, 5) is 0. The molecule has 1 fully saturated rings. The molecule has 0 aliphatic heterocycles. The van der Waals surface area contributed by atoms with E-state index in [4.69, 9.17) is 5.11 Å². The minimum atomic E-state index is 0.236. The van der Waals surface area contributed by atoms with Crippen LogP contribution in [0.15, 0.2) is 76.9 Å². The van der Waals surface area contributed by atoms with Crippen molar-refractivity contribution >= 4 is 5.57 Å². The van der Waals surface area contributed by atoms with Gasteiger partial charge < -0.3 is 15.3 Å². The molecule has 150 valence electrons. The molecule has 29 heavy (non-hydrogen) atoms. The van der Waals surface area contributed by atoms with Gasteiger partial charge in [0.2, 0.25) is 0 Å². The molecule has 2 aromatic carbocycles. The molecule has 0 radical (unpaired) electrons. The zero-order chi connectivity index (χ0) is 20.2. The fourth-order valence-corrected chi connectivity index (χ4v) is 4.48. The third-order valence-corrected chi connectivity index (χ3v) is 5.94. The lowest BCUT2D eigenvalue weighted by Gasteiger charge is -2.20. The number of benzene rings is 2. The Labute approximate surface area is 172 Å². The summed E-state index contributed by atoms with van der Waals surface area (Å²) in [6.07, 6.45) is 9.61. The van der Waals surface area contributed by atoms with E-state index in [9.17, 15) is 10.2 Å². The van der Waals surface area contributed by atoms with Gasteiger partial charge in [-0.3, -0.25) is 0 Å². The molecule has 3 N–H and O–H groups in total. The largest absolute Gasteiger partial charge is 0.508 e. The lowest BCUT2D eigenvalue weighted by molar-refractivity contribution is 0.283. The van der Waals surface area contributed by atoms with Crippen LogP contribution in [0.2, 0.25) is 0 Å². The molecule has 0 heterocycles. The first-order chi connectivity index (χ1) is 14.2. The summed E-state index contributed by atoms with van der Waals surface area (Å²) in [5, 5.41) is 28.7. The molecular formula is C26H28O3. The standard InChI is InChI=1S/C26H28O3/c27-15-3-1-2-4-24(25-17-18-5-6-21(25)16-18)26(19-7-11-22(28)12-8-19)20-9-13-23(29)14-10-20/h7-14,17,27-29H,1-6,15-16H2. The molecule has 1 saturated carbocycles. The van der Waals surface area contributed by atoms with Crippen LogP contribution in [0.1, 0.15) is 56.1 Å². The Hall–Kier alpha value is -2.78. The average molecular weight is 389 g/mol. The summed E-state index contributed by atoms with van der Waals surface area (Å²) in [5.74, 6) is 0.514. The molecule has 0 unspecified atom stereocenters. The minimum absolute atomic E-state index is 0.236. The third kappa shape index (κ3) is 4.30. The van der Waals surface area contributed by atoms with Crippen LogP contribution < -0.4 is 0 Å². The molecule has 0 aromatic heterocycles. The van der Waals surface area contributed by atoms with Gasteiger partial charge in [0.1, 0.15) is 11.5 Å². The number of aliphatic hydroxyl groups is 1. The van der Waals surface area contributed by atoms with Crippen molar-refractivity contribution in [2.45, 2.75) is 44.9 Å². The fourth-order valence-electron chi connectivity index (χ4n) is 4.48. The molecule has 0 saturated heterocycles. The van der Waals surface area contributed by atoms with Gasteiger partial charge in [-0.05, 0) is 90.6 Å². The van der Waals surface area contributed by atoms with Gasteiger partial charge in [0.15, 0.2) is 0 Å². The summed E-state index contributed by atoms with van der Waals surface area (Å²) in [6, 6.07) is 14.8. The van der Waals surface area contributed by atoms with Gasteiger partial charge >= 0.3 is 0 Å². The van der Waals surface area contributed by atoms with Crippen LogP contribution in [0, 0.1) is 0 Å². The molecule has 0 atom stereocenters. The molecule has 2 bridgehead atoms. The van der Waals surface area contributed by atoms with E-state index in [1.807, 2.05) is 24.3 Å². The summed E-state index contributed by atoms with van der Waals surface area (Å²) in [5.41, 5.74) is 9.09. The number of phenols is 2. The number of hydrogen-bond acceptors (Lipinski definition) is 3. The Morgan fingerprint density at radius 1 is 0.759 bits per heavy atom. The first-order valence-corrected chi connectivity index (χ1v) is 10.5. The lowest BCUT2D eigenvalue weighted by Crippen LogP contribution is -2.00. The average Bonchev–Trinajstić information content (AvgIpc) is 3.36. The highest BCUT2D eigenvalue weighted by Gasteiger charge is 2.26. The topological polar surface area (TPSA) is 60.7 Å². The maximum absolute atomic E-state index is 9.79. The van der Waals surface area contributed by atoms with E-state index in [0.717, 1.165) is 49.7 Å². The molecule has 0 spiro atoms. The summed E-state index contributed by atoms with van der Waals surface area (Å²) in [7, 11) is 0. The van der Waals surface area contributed by atoms with Crippen LogP contribution in [0.3, 0.4) is 0 Å². The fraction of sp³-hybridized carbons (Fsp3) is 0.308. The summed E-state index contributed by atoms with van der Waals surface area (Å²) >= 11 is 0. The Kier molecular flexibility index (Phi) is 5.86. The van der Waals surface area contributed by atoms with Crippen LogP contribution in [0.25, 0.3) is 5.57 Å².